The lowest BCUT2D eigenvalue weighted by molar-refractivity contribution is 0.920. The van der Waals surface area contributed by atoms with Gasteiger partial charge in [-0.15, -0.1) is 0 Å². The molecule has 0 heteroatoms. The minimum atomic E-state index is 1.10. The summed E-state index contributed by atoms with van der Waals surface area (Å²) in [5.74, 6) is 0. The van der Waals surface area contributed by atoms with Crippen LogP contribution >= 0.6 is 0 Å². The fourth-order valence-electron chi connectivity index (χ4n) is 0.757. The Morgan fingerprint density at radius 2 is 2.44 bits per heavy atom. The number of benzene rings is 1. The second-order valence-corrected chi connectivity index (χ2v) is 2.00. The first-order valence-corrected chi connectivity index (χ1v) is 3.22. The molecule has 0 aromatic heterocycles. The van der Waals surface area contributed by atoms with Crippen LogP contribution in [-0.2, 0) is 6.42 Å². The van der Waals surface area contributed by atoms with Gasteiger partial charge in [-0.3, -0.25) is 0 Å². The normalized spacial score (nSPS) is 9.44. The van der Waals surface area contributed by atoms with E-state index in [9.17, 15) is 0 Å². The fraction of sp³-hybridized carbons (Fsp3) is 0.333. The summed E-state index contributed by atoms with van der Waals surface area (Å²) in [7, 11) is 0. The van der Waals surface area contributed by atoms with E-state index < -0.39 is 0 Å². The Kier molecular flexibility index (Phi) is 2.32. The Balaban J connectivity index is 2.61. The van der Waals surface area contributed by atoms with Crippen molar-refractivity contribution < 1.29 is 0 Å². The first-order chi connectivity index (χ1) is 4.43. The maximum Gasteiger partial charge on any atom is -0.00109 e. The van der Waals surface area contributed by atoms with Gasteiger partial charge in [0.25, 0.3) is 0 Å². The van der Waals surface area contributed by atoms with E-state index in [4.69, 9.17) is 0 Å². The zero-order chi connectivity index (χ0) is 6.53. The summed E-state index contributed by atoms with van der Waals surface area (Å²) in [6.45, 7) is 2.16. The molecule has 0 bridgehead atoms. The van der Waals surface area contributed by atoms with Crippen molar-refractivity contribution in [3.05, 3.63) is 35.9 Å². The molecule has 0 N–H and O–H groups in total. The molecule has 0 amide bonds. The lowest BCUT2D eigenvalue weighted by Gasteiger charge is -1.92. The fourth-order valence-corrected chi connectivity index (χ4v) is 0.757. The van der Waals surface area contributed by atoms with Crippen molar-refractivity contribution in [2.75, 3.05) is 0 Å². The first kappa shape index (κ1) is 6.34. The lowest BCUT2D eigenvalue weighted by Crippen LogP contribution is -1.80. The molecule has 9 heavy (non-hydrogen) atoms. The molecule has 0 atom stereocenters. The Labute approximate surface area is 56.5 Å². The van der Waals surface area contributed by atoms with Crippen LogP contribution in [0.3, 0.4) is 0 Å². The summed E-state index contributed by atoms with van der Waals surface area (Å²) in [4.78, 5) is 0. The molecular weight excluding hydrogens is 108 g/mol. The second-order valence-electron chi connectivity index (χ2n) is 2.00. The Morgan fingerprint density at radius 1 is 1.56 bits per heavy atom. The SMILES string of the molecule is CCCc1[c][c][c]cc1. The van der Waals surface area contributed by atoms with E-state index in [1.54, 1.807) is 0 Å². The highest BCUT2D eigenvalue weighted by molar-refractivity contribution is 5.10. The van der Waals surface area contributed by atoms with Gasteiger partial charge in [0.05, 0.1) is 0 Å². The molecule has 0 heterocycles. The van der Waals surface area contributed by atoms with Crippen LogP contribution in [0.25, 0.3) is 0 Å². The molecule has 0 nitrogen and oxygen atoms in total. The smallest absolute Gasteiger partial charge is 0.00109 e. The van der Waals surface area contributed by atoms with E-state index in [0.29, 0.717) is 0 Å². The lowest BCUT2D eigenvalue weighted by atomic mass is 10.1. The van der Waals surface area contributed by atoms with Crippen molar-refractivity contribution >= 4 is 0 Å². The molecule has 0 aliphatic rings. The predicted molar refractivity (Wildman–Crippen MR) is 36.9 cm³/mol. The van der Waals surface area contributed by atoms with Crippen LogP contribution in [0, 0.1) is 18.2 Å². The maximum atomic E-state index is 2.99. The largest absolute Gasteiger partial charge is 0.0651 e. The van der Waals surface area contributed by atoms with Gasteiger partial charge in [0, 0.05) is 0 Å². The van der Waals surface area contributed by atoms with Crippen molar-refractivity contribution in [3.63, 3.8) is 0 Å². The third kappa shape index (κ3) is 1.88. The van der Waals surface area contributed by atoms with Gasteiger partial charge in [0.1, 0.15) is 0 Å². The van der Waals surface area contributed by atoms with Gasteiger partial charge in [-0.2, -0.15) is 0 Å². The number of hydrogen-bond acceptors (Lipinski definition) is 0. The van der Waals surface area contributed by atoms with Crippen molar-refractivity contribution in [1.29, 1.82) is 0 Å². The van der Waals surface area contributed by atoms with Gasteiger partial charge in [-0.25, -0.2) is 0 Å². The minimum absolute atomic E-state index is 1.10. The van der Waals surface area contributed by atoms with Crippen molar-refractivity contribution in [2.24, 2.45) is 0 Å². The molecule has 1 rings (SSSR count). The molecule has 0 aliphatic heterocycles. The average molecular weight is 117 g/mol. The molecule has 0 saturated carbocycles. The average Bonchev–Trinajstić information content (AvgIpc) is 1.91. The summed E-state index contributed by atoms with van der Waals surface area (Å²) >= 11 is 0. The highest BCUT2D eigenvalue weighted by Gasteiger charge is 1.85. The molecule has 45 valence electrons. The first-order valence-electron chi connectivity index (χ1n) is 3.22. The Morgan fingerprint density at radius 3 is 3.00 bits per heavy atom. The third-order valence-corrected chi connectivity index (χ3v) is 1.18. The van der Waals surface area contributed by atoms with Crippen LogP contribution in [-0.4, -0.2) is 0 Å². The van der Waals surface area contributed by atoms with Crippen molar-refractivity contribution in [2.45, 2.75) is 19.8 Å². The zero-order valence-electron chi connectivity index (χ0n) is 5.57. The predicted octanol–water partition coefficient (Wildman–Crippen LogP) is 2.04. The second kappa shape index (κ2) is 3.29. The van der Waals surface area contributed by atoms with Crippen LogP contribution in [0.2, 0.25) is 0 Å². The third-order valence-electron chi connectivity index (χ3n) is 1.18. The van der Waals surface area contributed by atoms with Crippen LogP contribution in [0.5, 0.6) is 0 Å². The molecular formula is C9H9. The van der Waals surface area contributed by atoms with Crippen LogP contribution in [0.15, 0.2) is 12.1 Å². The van der Waals surface area contributed by atoms with E-state index in [0.717, 1.165) is 6.42 Å². The summed E-state index contributed by atoms with van der Waals surface area (Å²) < 4.78 is 0. The zero-order valence-corrected chi connectivity index (χ0v) is 5.57. The van der Waals surface area contributed by atoms with E-state index in [2.05, 4.69) is 25.1 Å². The van der Waals surface area contributed by atoms with Gasteiger partial charge < -0.3 is 0 Å². The van der Waals surface area contributed by atoms with Gasteiger partial charge in [-0.1, -0.05) is 25.5 Å². The molecule has 0 spiro atoms. The van der Waals surface area contributed by atoms with Crippen molar-refractivity contribution in [3.8, 4) is 0 Å². The van der Waals surface area contributed by atoms with Crippen LogP contribution in [0.4, 0.5) is 0 Å². The highest BCUT2D eigenvalue weighted by Crippen LogP contribution is 1.98. The van der Waals surface area contributed by atoms with E-state index in [-0.39, 0.29) is 0 Å². The Hall–Kier alpha value is -0.780. The van der Waals surface area contributed by atoms with E-state index in [1.165, 1.54) is 12.0 Å². The molecule has 0 aliphatic carbocycles. The number of hydrogen-bond donors (Lipinski definition) is 0. The number of aryl methyl sites for hydroxylation is 1. The summed E-state index contributed by atoms with van der Waals surface area (Å²) in [5, 5.41) is 0. The topological polar surface area (TPSA) is 0 Å². The Bertz CT molecular complexity index is 153. The summed E-state index contributed by atoms with van der Waals surface area (Å²) in [6.07, 6.45) is 2.28. The summed E-state index contributed by atoms with van der Waals surface area (Å²) in [6, 6.07) is 12.5. The highest BCUT2D eigenvalue weighted by atomic mass is 13.9. The van der Waals surface area contributed by atoms with Crippen molar-refractivity contribution in [1.82, 2.24) is 0 Å². The number of rotatable bonds is 2. The van der Waals surface area contributed by atoms with Gasteiger partial charge in [-0.05, 0) is 30.2 Å². The molecule has 1 aromatic carbocycles. The maximum absolute atomic E-state index is 2.99. The molecule has 1 aromatic rings. The standard InChI is InChI=1S/C9H9/c1-2-6-9-7-4-3-5-8-9/h4,7H,2,6H2,1H3. The summed E-state index contributed by atoms with van der Waals surface area (Å²) in [5.41, 5.74) is 1.23. The van der Waals surface area contributed by atoms with Gasteiger partial charge in [0.15, 0.2) is 0 Å². The molecule has 0 saturated heterocycles. The molecule has 0 fully saturated rings. The quantitative estimate of drug-likeness (QED) is 0.556. The molecule has 0 unspecified atom stereocenters. The monoisotopic (exact) mass is 117 g/mol. The van der Waals surface area contributed by atoms with E-state index in [1.807, 2.05) is 12.1 Å². The molecule has 3 radical (unpaired) electrons. The minimum Gasteiger partial charge on any atom is -0.0651 e. The van der Waals surface area contributed by atoms with Gasteiger partial charge in [0.2, 0.25) is 0 Å². The van der Waals surface area contributed by atoms with Crippen LogP contribution < -0.4 is 0 Å². The van der Waals surface area contributed by atoms with Gasteiger partial charge >= 0.3 is 0 Å². The van der Waals surface area contributed by atoms with E-state index >= 15 is 0 Å². The van der Waals surface area contributed by atoms with Crippen LogP contribution in [0.1, 0.15) is 18.9 Å².